The molecule has 2 aliphatic carbocycles. The average Bonchev–Trinajstić information content (AvgIpc) is 2.75. The lowest BCUT2D eigenvalue weighted by Gasteiger charge is -2.42. The molecule has 4 unspecified atom stereocenters. The van der Waals surface area contributed by atoms with Crippen LogP contribution in [0.15, 0.2) is 48.6 Å². The van der Waals surface area contributed by atoms with Crippen LogP contribution < -0.4 is 0 Å². The lowest BCUT2D eigenvalue weighted by molar-refractivity contribution is 0.115. The molecule has 160 valence electrons. The molecule has 4 atom stereocenters. The molecule has 2 heteroatoms. The number of allylic oxidation sites excluding steroid dienone is 2. The largest absolute Gasteiger partial charge is 0.207 e. The van der Waals surface area contributed by atoms with Gasteiger partial charge < -0.3 is 0 Å². The molecular weight excluding hydrogens is 374 g/mol. The summed E-state index contributed by atoms with van der Waals surface area (Å²) in [5.74, 6) is 2.51. The van der Waals surface area contributed by atoms with E-state index in [2.05, 4.69) is 25.1 Å². The normalized spacial score (nSPS) is 26.7. The summed E-state index contributed by atoms with van der Waals surface area (Å²) in [5, 5.41) is 0. The van der Waals surface area contributed by atoms with Crippen molar-refractivity contribution in [1.29, 1.82) is 0 Å². The molecule has 0 nitrogen and oxygen atoms in total. The number of rotatable bonds is 5. The van der Waals surface area contributed by atoms with Crippen molar-refractivity contribution < 1.29 is 8.78 Å². The number of hydrogen-bond donors (Lipinski definition) is 0. The van der Waals surface area contributed by atoms with Gasteiger partial charge in [-0.25, -0.2) is 8.78 Å². The van der Waals surface area contributed by atoms with Crippen LogP contribution >= 0.6 is 0 Å². The van der Waals surface area contributed by atoms with Crippen molar-refractivity contribution in [3.05, 3.63) is 71.3 Å². The fourth-order valence-electron chi connectivity index (χ4n) is 5.83. The van der Waals surface area contributed by atoms with Crippen molar-refractivity contribution in [1.82, 2.24) is 0 Å². The molecule has 2 fully saturated rings. The second kappa shape index (κ2) is 9.45. The molecule has 4 rings (SSSR count). The maximum Gasteiger partial charge on any atom is 0.131 e. The molecule has 0 spiro atoms. The fraction of sp³-hybridized carbons (Fsp3) is 0.500. The molecular formula is C28H34F2. The summed E-state index contributed by atoms with van der Waals surface area (Å²) in [6.07, 6.45) is 14.8. The maximum absolute atomic E-state index is 14.9. The van der Waals surface area contributed by atoms with Crippen LogP contribution in [0, 0.1) is 36.3 Å². The smallest absolute Gasteiger partial charge is 0.131 e. The summed E-state index contributed by atoms with van der Waals surface area (Å²) in [6.45, 7) is 3.83. The van der Waals surface area contributed by atoms with E-state index in [9.17, 15) is 8.78 Å². The first kappa shape index (κ1) is 21.3. The van der Waals surface area contributed by atoms with Crippen LogP contribution in [0.2, 0.25) is 0 Å². The van der Waals surface area contributed by atoms with Gasteiger partial charge in [-0.3, -0.25) is 0 Å². The third-order valence-electron chi connectivity index (χ3n) is 7.65. The number of fused-ring (bicyclic) bond motifs is 1. The summed E-state index contributed by atoms with van der Waals surface area (Å²) < 4.78 is 28.8. The van der Waals surface area contributed by atoms with Crippen molar-refractivity contribution in [2.24, 2.45) is 17.8 Å². The number of hydrogen-bond acceptors (Lipinski definition) is 0. The van der Waals surface area contributed by atoms with Crippen molar-refractivity contribution in [3.63, 3.8) is 0 Å². The van der Waals surface area contributed by atoms with Gasteiger partial charge in [-0.1, -0.05) is 42.8 Å². The van der Waals surface area contributed by atoms with Gasteiger partial charge >= 0.3 is 0 Å². The van der Waals surface area contributed by atoms with Crippen molar-refractivity contribution in [2.75, 3.05) is 0 Å². The Hall–Kier alpha value is -1.96. The van der Waals surface area contributed by atoms with Gasteiger partial charge in [0.05, 0.1) is 0 Å². The van der Waals surface area contributed by atoms with Gasteiger partial charge in [0, 0.05) is 5.56 Å². The molecule has 2 aliphatic rings. The minimum atomic E-state index is -0.282. The minimum absolute atomic E-state index is 0.231. The summed E-state index contributed by atoms with van der Waals surface area (Å²) in [5.41, 5.74) is 2.82. The highest BCUT2D eigenvalue weighted by atomic mass is 19.1. The Morgan fingerprint density at radius 1 is 0.900 bits per heavy atom. The molecule has 0 amide bonds. The third-order valence-corrected chi connectivity index (χ3v) is 7.65. The van der Waals surface area contributed by atoms with Crippen LogP contribution in [0.4, 0.5) is 8.78 Å². The van der Waals surface area contributed by atoms with Crippen molar-refractivity contribution in [3.8, 4) is 11.1 Å². The highest BCUT2D eigenvalue weighted by Crippen LogP contribution is 2.48. The first-order chi connectivity index (χ1) is 14.5. The number of halogens is 2. The zero-order valence-electron chi connectivity index (χ0n) is 18.3. The fourth-order valence-corrected chi connectivity index (χ4v) is 5.83. The molecule has 0 bridgehead atoms. The Labute approximate surface area is 180 Å². The topological polar surface area (TPSA) is 0 Å². The van der Waals surface area contributed by atoms with Crippen LogP contribution in [0.25, 0.3) is 11.1 Å². The van der Waals surface area contributed by atoms with Gasteiger partial charge in [-0.15, -0.1) is 0 Å². The van der Waals surface area contributed by atoms with Crippen LogP contribution in [-0.2, 0) is 0 Å². The lowest BCUT2D eigenvalue weighted by atomic mass is 9.63. The lowest BCUT2D eigenvalue weighted by Crippen LogP contribution is -2.30. The third kappa shape index (κ3) is 4.68. The summed E-state index contributed by atoms with van der Waals surface area (Å²) in [7, 11) is 0. The van der Waals surface area contributed by atoms with Crippen LogP contribution in [0.1, 0.15) is 75.3 Å². The predicted molar refractivity (Wildman–Crippen MR) is 121 cm³/mol. The van der Waals surface area contributed by atoms with Gasteiger partial charge in [0.25, 0.3) is 0 Å². The van der Waals surface area contributed by atoms with E-state index in [-0.39, 0.29) is 11.6 Å². The van der Waals surface area contributed by atoms with E-state index in [1.165, 1.54) is 57.4 Å². The summed E-state index contributed by atoms with van der Waals surface area (Å²) >= 11 is 0. The Bertz CT molecular complexity index is 898. The van der Waals surface area contributed by atoms with E-state index in [4.69, 9.17) is 0 Å². The molecule has 0 radical (unpaired) electrons. The highest BCUT2D eigenvalue weighted by Gasteiger charge is 2.35. The molecule has 0 aromatic heterocycles. The monoisotopic (exact) mass is 408 g/mol. The van der Waals surface area contributed by atoms with E-state index in [0.29, 0.717) is 22.6 Å². The first-order valence-electron chi connectivity index (χ1n) is 11.7. The molecule has 2 aromatic carbocycles. The van der Waals surface area contributed by atoms with E-state index < -0.39 is 0 Å². The quantitative estimate of drug-likeness (QED) is 0.434. The zero-order valence-corrected chi connectivity index (χ0v) is 18.3. The highest BCUT2D eigenvalue weighted by molar-refractivity contribution is 5.65. The molecule has 0 aliphatic heterocycles. The minimum Gasteiger partial charge on any atom is -0.207 e. The van der Waals surface area contributed by atoms with Gasteiger partial charge in [-0.05, 0) is 111 Å². The zero-order chi connectivity index (χ0) is 21.1. The Morgan fingerprint density at radius 2 is 1.70 bits per heavy atom. The van der Waals surface area contributed by atoms with Crippen LogP contribution in [0.3, 0.4) is 0 Å². The number of benzene rings is 2. The maximum atomic E-state index is 14.9. The summed E-state index contributed by atoms with van der Waals surface area (Å²) in [4.78, 5) is 0. The van der Waals surface area contributed by atoms with Gasteiger partial charge in [-0.2, -0.15) is 0 Å². The number of aryl methyl sites for hydroxylation is 1. The van der Waals surface area contributed by atoms with Crippen LogP contribution in [0.5, 0.6) is 0 Å². The van der Waals surface area contributed by atoms with Crippen LogP contribution in [-0.4, -0.2) is 0 Å². The Morgan fingerprint density at radius 3 is 2.47 bits per heavy atom. The summed E-state index contributed by atoms with van der Waals surface area (Å²) in [6, 6.07) is 10.6. The van der Waals surface area contributed by atoms with E-state index >= 15 is 0 Å². The molecule has 2 saturated carbocycles. The molecule has 2 aromatic rings. The first-order valence-corrected chi connectivity index (χ1v) is 11.7. The SMILES string of the molecule is C/C=C/CCC1CCC2CC(c3ccc(-c4ccc(C)c(F)c4)c(F)c3)CCC2C1. The van der Waals surface area contributed by atoms with E-state index in [1.54, 1.807) is 25.1 Å². The second-order valence-electron chi connectivity index (χ2n) is 9.56. The van der Waals surface area contributed by atoms with Gasteiger partial charge in [0.2, 0.25) is 0 Å². The molecule has 0 saturated heterocycles. The van der Waals surface area contributed by atoms with Crippen molar-refractivity contribution >= 4 is 0 Å². The Balaban J connectivity index is 1.41. The predicted octanol–water partition coefficient (Wildman–Crippen LogP) is 8.60. The van der Waals surface area contributed by atoms with Crippen molar-refractivity contribution in [2.45, 2.75) is 71.1 Å². The second-order valence-corrected chi connectivity index (χ2v) is 9.56. The molecule has 0 heterocycles. The van der Waals surface area contributed by atoms with Gasteiger partial charge in [0.1, 0.15) is 11.6 Å². The molecule has 0 N–H and O–H groups in total. The standard InChI is InChI=1S/C28H34F2/c1-3-4-5-6-20-8-10-22-16-23(12-11-21(22)15-20)24-13-14-26(28(30)17-24)25-9-7-19(2)27(29)18-25/h3-4,7,9,13-14,17-18,20-23H,5-6,8,10-12,15-16H2,1-2H3/b4-3+. The van der Waals surface area contributed by atoms with E-state index in [1.807, 2.05) is 6.07 Å². The Kier molecular flexibility index (Phi) is 6.71. The van der Waals surface area contributed by atoms with E-state index in [0.717, 1.165) is 23.3 Å². The van der Waals surface area contributed by atoms with Gasteiger partial charge in [0.15, 0.2) is 0 Å². The average molecular weight is 409 g/mol. The molecule has 30 heavy (non-hydrogen) atoms.